The van der Waals surface area contributed by atoms with Gasteiger partial charge in [0.15, 0.2) is 17.4 Å². The van der Waals surface area contributed by atoms with Gasteiger partial charge in [-0.3, -0.25) is 0 Å². The summed E-state index contributed by atoms with van der Waals surface area (Å²) in [6.07, 6.45) is 0. The van der Waals surface area contributed by atoms with Gasteiger partial charge in [-0.15, -0.1) is 0 Å². The first-order valence-corrected chi connectivity index (χ1v) is 0. The Morgan fingerprint density at radius 1 is 0.750 bits per heavy atom. The molecule has 0 spiro atoms. The van der Waals surface area contributed by atoms with Gasteiger partial charge in [-0.05, 0) is 0 Å². The van der Waals surface area contributed by atoms with Crippen molar-refractivity contribution in [2.75, 3.05) is 0 Å². The summed E-state index contributed by atoms with van der Waals surface area (Å²) >= 11 is 0. The molecule has 0 aromatic rings. The molecule has 4 heteroatoms. The van der Waals surface area contributed by atoms with Gasteiger partial charge in [-0.2, -0.15) is 0 Å². The van der Waals surface area contributed by atoms with Crippen LogP contribution in [0.1, 0.15) is 0 Å². The molecule has 0 aromatic carbocycles. The molecule has 0 atom stereocenters. The SMILES string of the molecule is [AlH3].[Cu].[Cu].[Fe]. The van der Waals surface area contributed by atoms with E-state index in [2.05, 4.69) is 0 Å². The molecule has 36 valence electrons. The Kier molecular flexibility index (Phi) is 176. The van der Waals surface area contributed by atoms with Crippen LogP contribution in [0.2, 0.25) is 0 Å². The van der Waals surface area contributed by atoms with Gasteiger partial charge >= 0.3 is 0 Å². The monoisotopic (exact) mass is 212 g/mol. The van der Waals surface area contributed by atoms with Crippen molar-refractivity contribution >= 4 is 17.4 Å². The molecule has 0 aliphatic carbocycles. The molecule has 0 fully saturated rings. The molecule has 0 bridgehead atoms. The molecular weight excluding hydrogens is 210 g/mol. The maximum atomic E-state index is 0. The van der Waals surface area contributed by atoms with Crippen LogP contribution in [0.5, 0.6) is 0 Å². The van der Waals surface area contributed by atoms with Crippen LogP contribution in [-0.4, -0.2) is 17.4 Å². The quantitative estimate of drug-likeness (QED) is 0.444. The fourth-order valence-electron chi connectivity index (χ4n) is 0. The molecule has 2 radical (unpaired) electrons. The van der Waals surface area contributed by atoms with Crippen LogP contribution >= 0.6 is 0 Å². The maximum Gasteiger partial charge on any atom is 0.187 e. The van der Waals surface area contributed by atoms with E-state index in [1.165, 1.54) is 0 Å². The fourth-order valence-corrected chi connectivity index (χ4v) is 0. The molecule has 0 aliphatic heterocycles. The molecule has 0 saturated heterocycles. The summed E-state index contributed by atoms with van der Waals surface area (Å²) in [4.78, 5) is 0. The van der Waals surface area contributed by atoms with Crippen LogP contribution in [0, 0.1) is 0 Å². The van der Waals surface area contributed by atoms with Gasteiger partial charge in [-0.25, -0.2) is 0 Å². The molecule has 0 aliphatic rings. The third-order valence-corrected chi connectivity index (χ3v) is 0. The minimum Gasteiger partial charge on any atom is 0 e. The van der Waals surface area contributed by atoms with E-state index in [4.69, 9.17) is 0 Å². The molecule has 0 aromatic heterocycles. The normalized spacial score (nSPS) is 0. The van der Waals surface area contributed by atoms with Crippen LogP contribution in [0.4, 0.5) is 0 Å². The van der Waals surface area contributed by atoms with E-state index in [0.717, 1.165) is 0 Å². The summed E-state index contributed by atoms with van der Waals surface area (Å²) < 4.78 is 0. The first-order chi connectivity index (χ1) is 0. The van der Waals surface area contributed by atoms with Gasteiger partial charge in [-0.1, -0.05) is 0 Å². The second kappa shape index (κ2) is 19.5. The van der Waals surface area contributed by atoms with Crippen LogP contribution in [0.15, 0.2) is 0 Å². The minimum absolute atomic E-state index is 0. The van der Waals surface area contributed by atoms with Crippen molar-refractivity contribution in [1.29, 1.82) is 0 Å². The van der Waals surface area contributed by atoms with Gasteiger partial charge in [0, 0.05) is 51.2 Å². The standard InChI is InChI=1S/Al.2Cu.Fe.3H. The molecule has 0 rings (SSSR count). The first kappa shape index (κ1) is 36.1. The van der Waals surface area contributed by atoms with Crippen molar-refractivity contribution in [3.8, 4) is 0 Å². The number of hydrogen-bond donors (Lipinski definition) is 0. The van der Waals surface area contributed by atoms with E-state index in [-0.39, 0.29) is 68.6 Å². The predicted molar refractivity (Wildman–Crippen MR) is 9.94 cm³/mol. The van der Waals surface area contributed by atoms with E-state index < -0.39 is 0 Å². The van der Waals surface area contributed by atoms with E-state index in [1.54, 1.807) is 0 Å². The number of rotatable bonds is 0. The van der Waals surface area contributed by atoms with E-state index >= 15 is 0 Å². The Hall–Kier alpha value is 2.09. The van der Waals surface area contributed by atoms with Crippen molar-refractivity contribution in [1.82, 2.24) is 0 Å². The van der Waals surface area contributed by atoms with E-state index in [1.807, 2.05) is 0 Å². The van der Waals surface area contributed by atoms with Crippen LogP contribution in [-0.2, 0) is 51.2 Å². The van der Waals surface area contributed by atoms with E-state index in [9.17, 15) is 0 Å². The molecular formula is H3AlCu2Fe. The van der Waals surface area contributed by atoms with Crippen LogP contribution in [0.25, 0.3) is 0 Å². The third kappa shape index (κ3) is 8.94. The third-order valence-electron chi connectivity index (χ3n) is 0. The van der Waals surface area contributed by atoms with Gasteiger partial charge < -0.3 is 0 Å². The van der Waals surface area contributed by atoms with Crippen molar-refractivity contribution < 1.29 is 51.2 Å². The first-order valence-electron chi connectivity index (χ1n) is 0. The Labute approximate surface area is 68.0 Å². The van der Waals surface area contributed by atoms with Gasteiger partial charge in [0.2, 0.25) is 0 Å². The smallest absolute Gasteiger partial charge is 0 e. The molecule has 0 N–H and O–H groups in total. The number of hydrogen-bond acceptors (Lipinski definition) is 0. The zero-order valence-corrected chi connectivity index (χ0v) is 3.94. The summed E-state index contributed by atoms with van der Waals surface area (Å²) in [5.74, 6) is 0. The largest absolute Gasteiger partial charge is 0.187 e. The Morgan fingerprint density at radius 2 is 0.750 bits per heavy atom. The summed E-state index contributed by atoms with van der Waals surface area (Å²) in [5, 5.41) is 0. The van der Waals surface area contributed by atoms with Crippen LogP contribution < -0.4 is 0 Å². The zero-order chi connectivity index (χ0) is 0. The van der Waals surface area contributed by atoms with Gasteiger partial charge in [0.25, 0.3) is 0 Å². The van der Waals surface area contributed by atoms with Crippen molar-refractivity contribution in [2.24, 2.45) is 0 Å². The predicted octanol–water partition coefficient (Wildman–Crippen LogP) is -1.19. The topological polar surface area (TPSA) is 0 Å². The molecule has 0 heterocycles. The summed E-state index contributed by atoms with van der Waals surface area (Å²) in [6, 6.07) is 0. The molecule has 0 amide bonds. The second-order valence-electron chi connectivity index (χ2n) is 0. The Balaban J connectivity index is 0. The van der Waals surface area contributed by atoms with Crippen molar-refractivity contribution in [3.05, 3.63) is 0 Å². The van der Waals surface area contributed by atoms with Crippen molar-refractivity contribution in [2.45, 2.75) is 0 Å². The summed E-state index contributed by atoms with van der Waals surface area (Å²) in [6.45, 7) is 0. The Bertz CT molecular complexity index is 6.00. The summed E-state index contributed by atoms with van der Waals surface area (Å²) in [7, 11) is 0. The molecule has 0 saturated carbocycles. The molecule has 0 nitrogen and oxygen atoms in total. The maximum absolute atomic E-state index is 0. The average Bonchev–Trinajstić information content (AvgIpc) is 0. The molecule has 0 unspecified atom stereocenters. The minimum atomic E-state index is 0. The second-order valence-corrected chi connectivity index (χ2v) is 0. The fraction of sp³-hybridized carbons (Fsp3) is 0. The van der Waals surface area contributed by atoms with Crippen molar-refractivity contribution in [3.63, 3.8) is 0 Å². The van der Waals surface area contributed by atoms with Gasteiger partial charge in [0.05, 0.1) is 0 Å². The van der Waals surface area contributed by atoms with Gasteiger partial charge in [0.1, 0.15) is 0 Å². The zero-order valence-electron chi connectivity index (χ0n) is 0.957. The molecule has 4 heavy (non-hydrogen) atoms. The average molecular weight is 213 g/mol. The Morgan fingerprint density at radius 3 is 0.750 bits per heavy atom. The van der Waals surface area contributed by atoms with E-state index in [0.29, 0.717) is 0 Å². The summed E-state index contributed by atoms with van der Waals surface area (Å²) in [5.41, 5.74) is 0. The van der Waals surface area contributed by atoms with Crippen LogP contribution in [0.3, 0.4) is 0 Å².